The van der Waals surface area contributed by atoms with Crippen molar-refractivity contribution >= 4 is 26.0 Å². The smallest absolute Gasteiger partial charge is 0.304 e. The van der Waals surface area contributed by atoms with E-state index < -0.39 is 38.2 Å². The van der Waals surface area contributed by atoms with Crippen LogP contribution in [-0.4, -0.2) is 74.7 Å². The summed E-state index contributed by atoms with van der Waals surface area (Å²) in [6.07, 6.45) is 0.621. The van der Waals surface area contributed by atoms with Crippen LogP contribution in [0.1, 0.15) is 6.42 Å². The van der Waals surface area contributed by atoms with E-state index >= 15 is 0 Å². The van der Waals surface area contributed by atoms with Crippen LogP contribution in [0.25, 0.3) is 0 Å². The minimum atomic E-state index is -3.62. The van der Waals surface area contributed by atoms with Gasteiger partial charge in [0, 0.05) is 26.2 Å². The number of carboxylic acid groups (broad SMARTS) is 1. The number of hydrogen-bond donors (Lipinski definition) is 1. The molecule has 1 heterocycles. The number of nitrogens with zero attached hydrogens (tertiary/aromatic N) is 2. The Balaban J connectivity index is 2.60. The van der Waals surface area contributed by atoms with Gasteiger partial charge >= 0.3 is 5.97 Å². The van der Waals surface area contributed by atoms with E-state index in [1.165, 1.54) is 4.31 Å². The van der Waals surface area contributed by atoms with Crippen molar-refractivity contribution in [1.29, 1.82) is 0 Å². The zero-order chi connectivity index (χ0) is 14.0. The molecule has 0 aromatic rings. The predicted octanol–water partition coefficient (Wildman–Crippen LogP) is -1.63. The molecule has 0 aromatic carbocycles. The zero-order valence-electron chi connectivity index (χ0n) is 9.94. The summed E-state index contributed by atoms with van der Waals surface area (Å²) < 4.78 is 48.3. The zero-order valence-corrected chi connectivity index (χ0v) is 11.6. The first-order chi connectivity index (χ1) is 8.13. The molecule has 0 amide bonds. The minimum Gasteiger partial charge on any atom is -0.481 e. The molecule has 10 heteroatoms. The van der Waals surface area contributed by atoms with Gasteiger partial charge in [-0.2, -0.15) is 8.61 Å². The van der Waals surface area contributed by atoms with Crippen molar-refractivity contribution in [2.45, 2.75) is 6.42 Å². The molecule has 1 aliphatic rings. The monoisotopic (exact) mass is 300 g/mol. The molecule has 0 aliphatic carbocycles. The summed E-state index contributed by atoms with van der Waals surface area (Å²) in [6.45, 7) is 0.334. The highest BCUT2D eigenvalue weighted by Crippen LogP contribution is 2.11. The van der Waals surface area contributed by atoms with Crippen molar-refractivity contribution in [2.24, 2.45) is 0 Å². The summed E-state index contributed by atoms with van der Waals surface area (Å²) in [5.74, 6) is -1.63. The van der Waals surface area contributed by atoms with Crippen LogP contribution in [0.3, 0.4) is 0 Å². The second-order valence-electron chi connectivity index (χ2n) is 4.02. The quantitative estimate of drug-likeness (QED) is 0.652. The molecule has 0 spiro atoms. The molecular formula is C8H16N2O6S2. The van der Waals surface area contributed by atoms with Crippen LogP contribution in [0, 0.1) is 0 Å². The average Bonchev–Trinajstić information content (AvgIpc) is 2.26. The first kappa shape index (κ1) is 15.3. The van der Waals surface area contributed by atoms with E-state index in [2.05, 4.69) is 0 Å². The Hall–Kier alpha value is -0.710. The van der Waals surface area contributed by atoms with Crippen molar-refractivity contribution in [3.63, 3.8) is 0 Å². The Morgan fingerprint density at radius 2 is 1.50 bits per heavy atom. The Morgan fingerprint density at radius 3 is 1.89 bits per heavy atom. The fraction of sp³-hybridized carbons (Fsp3) is 0.875. The maximum atomic E-state index is 11.7. The van der Waals surface area contributed by atoms with Crippen LogP contribution in [-0.2, 0) is 24.8 Å². The van der Waals surface area contributed by atoms with Crippen LogP contribution >= 0.6 is 0 Å². The van der Waals surface area contributed by atoms with Crippen LogP contribution < -0.4 is 0 Å². The third kappa shape index (κ3) is 4.19. The lowest BCUT2D eigenvalue weighted by atomic mass is 10.4. The lowest BCUT2D eigenvalue weighted by Gasteiger charge is -2.32. The molecule has 0 unspecified atom stereocenters. The van der Waals surface area contributed by atoms with Gasteiger partial charge in [-0.25, -0.2) is 16.8 Å². The molecule has 1 saturated heterocycles. The molecular weight excluding hydrogens is 284 g/mol. The predicted molar refractivity (Wildman–Crippen MR) is 64.0 cm³/mol. The number of piperazine rings is 1. The summed E-state index contributed by atoms with van der Waals surface area (Å²) in [5.41, 5.74) is 0. The average molecular weight is 300 g/mol. The topological polar surface area (TPSA) is 112 Å². The van der Waals surface area contributed by atoms with Gasteiger partial charge in [-0.1, -0.05) is 0 Å². The van der Waals surface area contributed by atoms with Crippen molar-refractivity contribution in [1.82, 2.24) is 8.61 Å². The molecule has 1 fully saturated rings. The number of carbonyl (C=O) groups is 1. The fourth-order valence-corrected chi connectivity index (χ4v) is 3.86. The van der Waals surface area contributed by atoms with Gasteiger partial charge < -0.3 is 5.11 Å². The van der Waals surface area contributed by atoms with Gasteiger partial charge in [0.1, 0.15) is 0 Å². The highest BCUT2D eigenvalue weighted by Gasteiger charge is 2.30. The Labute approximate surface area is 106 Å². The van der Waals surface area contributed by atoms with E-state index in [4.69, 9.17) is 5.11 Å². The van der Waals surface area contributed by atoms with Crippen molar-refractivity contribution in [3.05, 3.63) is 0 Å². The van der Waals surface area contributed by atoms with Crippen LogP contribution in [0.4, 0.5) is 0 Å². The van der Waals surface area contributed by atoms with Crippen molar-refractivity contribution in [2.75, 3.05) is 38.2 Å². The largest absolute Gasteiger partial charge is 0.481 e. The van der Waals surface area contributed by atoms with E-state index in [-0.39, 0.29) is 26.2 Å². The van der Waals surface area contributed by atoms with E-state index in [1.54, 1.807) is 0 Å². The normalized spacial score (nSPS) is 19.8. The summed E-state index contributed by atoms with van der Waals surface area (Å²) in [7, 11) is -6.92. The fourth-order valence-electron chi connectivity index (χ4n) is 1.62. The van der Waals surface area contributed by atoms with Gasteiger partial charge in [0.2, 0.25) is 20.0 Å². The number of rotatable bonds is 5. The van der Waals surface area contributed by atoms with Crippen LogP contribution in [0.2, 0.25) is 0 Å². The maximum Gasteiger partial charge on any atom is 0.304 e. The molecule has 0 aromatic heterocycles. The Kier molecular flexibility index (Phi) is 4.70. The van der Waals surface area contributed by atoms with E-state index in [0.29, 0.717) is 0 Å². The first-order valence-electron chi connectivity index (χ1n) is 5.27. The second-order valence-corrected chi connectivity index (χ2v) is 8.09. The third-order valence-corrected chi connectivity index (χ3v) is 5.81. The second kappa shape index (κ2) is 5.51. The lowest BCUT2D eigenvalue weighted by molar-refractivity contribution is -0.136. The summed E-state index contributed by atoms with van der Waals surface area (Å²) >= 11 is 0. The molecule has 0 saturated carbocycles. The summed E-state index contributed by atoms with van der Waals surface area (Å²) in [5, 5.41) is 8.45. The van der Waals surface area contributed by atoms with E-state index in [9.17, 15) is 21.6 Å². The standard InChI is InChI=1S/C8H16N2O6S2/c1-17(13,14)9-3-5-10(6-4-9)18(15,16)7-2-8(11)12/h2-7H2,1H3,(H,11,12). The van der Waals surface area contributed by atoms with Gasteiger partial charge in [-0.3, -0.25) is 4.79 Å². The number of carboxylic acids is 1. The number of aliphatic carboxylic acids is 1. The lowest BCUT2D eigenvalue weighted by Crippen LogP contribution is -2.50. The number of sulfonamides is 2. The van der Waals surface area contributed by atoms with Crippen molar-refractivity contribution < 1.29 is 26.7 Å². The molecule has 106 valence electrons. The van der Waals surface area contributed by atoms with E-state index in [1.807, 2.05) is 0 Å². The molecule has 1 N–H and O–H groups in total. The molecule has 8 nitrogen and oxygen atoms in total. The minimum absolute atomic E-state index is 0.0645. The van der Waals surface area contributed by atoms with Crippen molar-refractivity contribution in [3.8, 4) is 0 Å². The molecule has 0 bridgehead atoms. The van der Waals surface area contributed by atoms with E-state index in [0.717, 1.165) is 10.6 Å². The molecule has 1 aliphatic heterocycles. The van der Waals surface area contributed by atoms with Gasteiger partial charge in [-0.05, 0) is 0 Å². The first-order valence-corrected chi connectivity index (χ1v) is 8.73. The van der Waals surface area contributed by atoms with Gasteiger partial charge in [0.05, 0.1) is 18.4 Å². The Morgan fingerprint density at radius 1 is 1.06 bits per heavy atom. The highest BCUT2D eigenvalue weighted by molar-refractivity contribution is 7.89. The third-order valence-electron chi connectivity index (χ3n) is 2.63. The molecule has 1 rings (SSSR count). The SMILES string of the molecule is CS(=O)(=O)N1CCN(S(=O)(=O)CCC(=O)O)CC1. The number of hydrogen-bond acceptors (Lipinski definition) is 5. The summed E-state index contributed by atoms with van der Waals surface area (Å²) in [6, 6.07) is 0. The van der Waals surface area contributed by atoms with Gasteiger partial charge in [-0.15, -0.1) is 0 Å². The van der Waals surface area contributed by atoms with Crippen LogP contribution in [0.15, 0.2) is 0 Å². The molecule has 0 atom stereocenters. The maximum absolute atomic E-state index is 11.7. The highest BCUT2D eigenvalue weighted by atomic mass is 32.2. The van der Waals surface area contributed by atoms with Gasteiger partial charge in [0.25, 0.3) is 0 Å². The molecule has 0 radical (unpaired) electrons. The van der Waals surface area contributed by atoms with Gasteiger partial charge in [0.15, 0.2) is 0 Å². The molecule has 18 heavy (non-hydrogen) atoms. The van der Waals surface area contributed by atoms with Crippen LogP contribution in [0.5, 0.6) is 0 Å². The summed E-state index contributed by atoms with van der Waals surface area (Å²) in [4.78, 5) is 10.3. The Bertz CT molecular complexity index is 504.